The van der Waals surface area contributed by atoms with Gasteiger partial charge in [-0.1, -0.05) is 43.7 Å². The number of rotatable bonds is 10. The monoisotopic (exact) mass is 488 g/mol. The molecule has 0 atom stereocenters. The average molecular weight is 489 g/mol. The predicted octanol–water partition coefficient (Wildman–Crippen LogP) is 3.91. The number of H-pyrrole nitrogens is 1. The van der Waals surface area contributed by atoms with Crippen molar-refractivity contribution in [3.05, 3.63) is 86.6 Å². The summed E-state index contributed by atoms with van der Waals surface area (Å²) in [6, 6.07) is 12.6. The third kappa shape index (κ3) is 6.13. The number of benzene rings is 2. The number of amides is 1. The second kappa shape index (κ2) is 11.6. The topological polar surface area (TPSA) is 101 Å². The second-order valence-corrected chi connectivity index (χ2v) is 8.81. The summed E-state index contributed by atoms with van der Waals surface area (Å²) < 4.78 is 27.9. The minimum absolute atomic E-state index is 0.00343. The maximum atomic E-state index is 13.5. The lowest BCUT2D eigenvalue weighted by Gasteiger charge is -2.25. The second-order valence-electron chi connectivity index (χ2n) is 7.64. The van der Waals surface area contributed by atoms with Gasteiger partial charge in [-0.2, -0.15) is 0 Å². The number of hydrogen-bond donors (Lipinski definition) is 2. The van der Waals surface area contributed by atoms with Gasteiger partial charge in [0.1, 0.15) is 5.82 Å². The normalized spacial score (nSPS) is 10.9. The quantitative estimate of drug-likeness (QED) is 0.422. The fourth-order valence-corrected chi connectivity index (χ4v) is 4.26. The molecule has 1 aromatic heterocycles. The molecule has 0 aliphatic rings. The van der Waals surface area contributed by atoms with Crippen molar-refractivity contribution in [2.75, 3.05) is 16.4 Å². The van der Waals surface area contributed by atoms with Crippen LogP contribution in [-0.4, -0.2) is 21.2 Å². The zero-order valence-corrected chi connectivity index (χ0v) is 19.5. The van der Waals surface area contributed by atoms with Crippen LogP contribution in [0.4, 0.5) is 20.3 Å². The number of thioether (sulfide) groups is 1. The summed E-state index contributed by atoms with van der Waals surface area (Å²) >= 11 is 1.19. The van der Waals surface area contributed by atoms with Crippen LogP contribution in [0.2, 0.25) is 0 Å². The fourth-order valence-electron chi connectivity index (χ4n) is 3.39. The van der Waals surface area contributed by atoms with Gasteiger partial charge in [0.05, 0.1) is 6.54 Å². The number of halogens is 2. The Bertz CT molecular complexity index is 1260. The van der Waals surface area contributed by atoms with Gasteiger partial charge >= 0.3 is 5.69 Å². The summed E-state index contributed by atoms with van der Waals surface area (Å²) in [6.07, 6.45) is 1.49. The lowest BCUT2D eigenvalue weighted by atomic mass is 10.2. The highest BCUT2D eigenvalue weighted by molar-refractivity contribution is 7.99. The van der Waals surface area contributed by atoms with Crippen molar-refractivity contribution < 1.29 is 13.6 Å². The van der Waals surface area contributed by atoms with Gasteiger partial charge in [-0.25, -0.2) is 13.6 Å². The van der Waals surface area contributed by atoms with Gasteiger partial charge in [0.15, 0.2) is 17.3 Å². The van der Waals surface area contributed by atoms with Crippen LogP contribution in [0.15, 0.2) is 63.0 Å². The number of unbranched alkanes of at least 4 members (excludes halogenated alkanes) is 1. The lowest BCUT2D eigenvalue weighted by molar-refractivity contribution is -0.118. The Balaban J connectivity index is 1.89. The number of carbonyl (C=O) groups excluding carboxylic acids is 1. The van der Waals surface area contributed by atoms with E-state index in [0.717, 1.165) is 24.1 Å². The zero-order valence-electron chi connectivity index (χ0n) is 18.7. The Hall–Kier alpha value is -3.40. The Morgan fingerprint density at radius 2 is 1.85 bits per heavy atom. The molecule has 0 aliphatic heterocycles. The van der Waals surface area contributed by atoms with Crippen LogP contribution in [0.1, 0.15) is 31.7 Å². The molecule has 0 unspecified atom stereocenters. The first-order valence-electron chi connectivity index (χ1n) is 10.9. The smallest absolute Gasteiger partial charge is 0.330 e. The first kappa shape index (κ1) is 25.2. The highest BCUT2D eigenvalue weighted by Crippen LogP contribution is 2.24. The Kier molecular flexibility index (Phi) is 8.64. The summed E-state index contributed by atoms with van der Waals surface area (Å²) in [5.74, 6) is -2.10. The summed E-state index contributed by atoms with van der Waals surface area (Å²) in [4.78, 5) is 42.4. The number of carbonyl (C=O) groups is 1. The summed E-state index contributed by atoms with van der Waals surface area (Å²) in [7, 11) is 0. The number of anilines is 2. The molecule has 1 amide bonds. The van der Waals surface area contributed by atoms with Crippen molar-refractivity contribution in [3.63, 3.8) is 0 Å². The molecule has 3 aromatic rings. The first-order chi connectivity index (χ1) is 16.3. The van der Waals surface area contributed by atoms with E-state index in [4.69, 9.17) is 5.73 Å². The van der Waals surface area contributed by atoms with Gasteiger partial charge in [0.25, 0.3) is 5.56 Å². The van der Waals surface area contributed by atoms with Gasteiger partial charge in [-0.3, -0.25) is 19.1 Å². The van der Waals surface area contributed by atoms with E-state index in [1.807, 2.05) is 37.3 Å². The van der Waals surface area contributed by atoms with Gasteiger partial charge in [-0.05, 0) is 30.2 Å². The van der Waals surface area contributed by atoms with Crippen molar-refractivity contribution in [1.29, 1.82) is 0 Å². The van der Waals surface area contributed by atoms with E-state index in [2.05, 4.69) is 4.98 Å². The highest BCUT2D eigenvalue weighted by atomic mass is 32.2. The highest BCUT2D eigenvalue weighted by Gasteiger charge is 2.24. The van der Waals surface area contributed by atoms with Crippen LogP contribution in [0.25, 0.3) is 0 Å². The van der Waals surface area contributed by atoms with Gasteiger partial charge in [-0.15, -0.1) is 11.8 Å². The minimum atomic E-state index is -0.962. The Labute approximate surface area is 199 Å². The number of nitrogens with zero attached hydrogens (tertiary/aromatic N) is 2. The number of nitrogens with one attached hydrogen (secondary N) is 1. The molecule has 3 rings (SSSR count). The SMILES string of the molecule is CCCCn1c(N)c(N(Cc2ccccc2)C(=O)CCSc2ccc(F)c(F)c2)c(=O)[nH]c1=O. The van der Waals surface area contributed by atoms with Gasteiger partial charge in [0, 0.05) is 23.6 Å². The Morgan fingerprint density at radius 3 is 2.53 bits per heavy atom. The molecule has 180 valence electrons. The van der Waals surface area contributed by atoms with Gasteiger partial charge in [0.2, 0.25) is 5.91 Å². The van der Waals surface area contributed by atoms with Crippen molar-refractivity contribution in [2.24, 2.45) is 0 Å². The number of nitrogens with two attached hydrogens (primary N) is 1. The lowest BCUT2D eigenvalue weighted by Crippen LogP contribution is -2.41. The van der Waals surface area contributed by atoms with Crippen molar-refractivity contribution >= 4 is 29.2 Å². The molecule has 2 aromatic carbocycles. The van der Waals surface area contributed by atoms with E-state index in [9.17, 15) is 23.2 Å². The standard InChI is InChI=1S/C24H26F2N4O3S/c1-2-3-12-29-22(27)21(23(32)28-24(29)33)30(15-16-7-5-4-6-8-16)20(31)11-13-34-17-9-10-18(25)19(26)14-17/h4-10,14H,2-3,11-13,15,27H2,1H3,(H,28,32,33). The maximum Gasteiger partial charge on any atom is 0.330 e. The number of aromatic nitrogens is 2. The van der Waals surface area contributed by atoms with Crippen molar-refractivity contribution in [2.45, 2.75) is 44.2 Å². The molecule has 0 saturated heterocycles. The van der Waals surface area contributed by atoms with Gasteiger partial charge < -0.3 is 10.6 Å². The summed E-state index contributed by atoms with van der Waals surface area (Å²) in [5.41, 5.74) is 5.56. The molecule has 1 heterocycles. The molecule has 0 radical (unpaired) electrons. The summed E-state index contributed by atoms with van der Waals surface area (Å²) in [5, 5.41) is 0. The van der Waals surface area contributed by atoms with Crippen LogP contribution < -0.4 is 21.9 Å². The third-order valence-corrected chi connectivity index (χ3v) is 6.18. The third-order valence-electron chi connectivity index (χ3n) is 5.18. The molecule has 10 heteroatoms. The fraction of sp³-hybridized carbons (Fsp3) is 0.292. The largest absolute Gasteiger partial charge is 0.383 e. The molecule has 0 spiro atoms. The molecule has 7 nitrogen and oxygen atoms in total. The minimum Gasteiger partial charge on any atom is -0.383 e. The predicted molar refractivity (Wildman–Crippen MR) is 130 cm³/mol. The molecule has 0 aliphatic carbocycles. The van der Waals surface area contributed by atoms with Crippen molar-refractivity contribution in [1.82, 2.24) is 9.55 Å². The summed E-state index contributed by atoms with van der Waals surface area (Å²) in [6.45, 7) is 2.35. The molecule has 34 heavy (non-hydrogen) atoms. The van der Waals surface area contributed by atoms with E-state index in [-0.39, 0.29) is 30.2 Å². The van der Waals surface area contributed by atoms with E-state index in [1.54, 1.807) is 0 Å². The van der Waals surface area contributed by atoms with Crippen LogP contribution in [-0.2, 0) is 17.9 Å². The molecular weight excluding hydrogens is 462 g/mol. The Morgan fingerprint density at radius 1 is 1.12 bits per heavy atom. The van der Waals surface area contributed by atoms with Crippen molar-refractivity contribution in [3.8, 4) is 0 Å². The molecule has 3 N–H and O–H groups in total. The molecule has 0 fully saturated rings. The first-order valence-corrected chi connectivity index (χ1v) is 11.8. The number of aromatic amines is 1. The van der Waals surface area contributed by atoms with E-state index in [1.165, 1.54) is 27.3 Å². The van der Waals surface area contributed by atoms with E-state index < -0.39 is 28.8 Å². The molecular formula is C24H26F2N4O3S. The van der Waals surface area contributed by atoms with Crippen LogP contribution in [0, 0.1) is 11.6 Å². The zero-order chi connectivity index (χ0) is 24.7. The maximum absolute atomic E-state index is 13.5. The molecule has 0 bridgehead atoms. The van der Waals surface area contributed by atoms with E-state index in [0.29, 0.717) is 17.9 Å². The van der Waals surface area contributed by atoms with E-state index >= 15 is 0 Å². The number of nitrogen functional groups attached to an aromatic ring is 1. The van der Waals surface area contributed by atoms with Crippen LogP contribution >= 0.6 is 11.8 Å². The molecule has 0 saturated carbocycles. The average Bonchev–Trinajstić information content (AvgIpc) is 2.81. The van der Waals surface area contributed by atoms with Crippen LogP contribution in [0.5, 0.6) is 0 Å². The van der Waals surface area contributed by atoms with Crippen LogP contribution in [0.3, 0.4) is 0 Å². The number of hydrogen-bond acceptors (Lipinski definition) is 5.